The molecule has 0 bridgehead atoms. The lowest BCUT2D eigenvalue weighted by molar-refractivity contribution is -0.113. The summed E-state index contributed by atoms with van der Waals surface area (Å²) in [6, 6.07) is 9.92. The minimum atomic E-state index is 0.0206. The second-order valence-corrected chi connectivity index (χ2v) is 7.33. The first-order valence-electron chi connectivity index (χ1n) is 7.81. The van der Waals surface area contributed by atoms with Gasteiger partial charge in [-0.25, -0.2) is 4.98 Å². The zero-order chi connectivity index (χ0) is 15.9. The summed E-state index contributed by atoms with van der Waals surface area (Å²) in [5.41, 5.74) is 3.62. The van der Waals surface area contributed by atoms with Gasteiger partial charge in [-0.1, -0.05) is 30.3 Å². The summed E-state index contributed by atoms with van der Waals surface area (Å²) in [5.74, 6) is 1.36. The summed E-state index contributed by atoms with van der Waals surface area (Å²) in [4.78, 5) is 16.5. The average Bonchev–Trinajstić information content (AvgIpc) is 3.05. The Morgan fingerprint density at radius 1 is 1.35 bits per heavy atom. The van der Waals surface area contributed by atoms with Crippen LogP contribution in [0.1, 0.15) is 19.3 Å². The van der Waals surface area contributed by atoms with Gasteiger partial charge in [0.2, 0.25) is 5.91 Å². The van der Waals surface area contributed by atoms with Crippen LogP contribution in [0, 0.1) is 0 Å². The molecule has 1 amide bonds. The molecule has 122 valence electrons. The third-order valence-corrected chi connectivity index (χ3v) is 5.49. The van der Waals surface area contributed by atoms with Crippen LogP contribution in [0.15, 0.2) is 35.8 Å². The van der Waals surface area contributed by atoms with E-state index in [-0.39, 0.29) is 5.91 Å². The Morgan fingerprint density at radius 3 is 3.00 bits per heavy atom. The van der Waals surface area contributed by atoms with E-state index in [9.17, 15) is 4.79 Å². The van der Waals surface area contributed by atoms with Crippen molar-refractivity contribution in [1.82, 2.24) is 4.98 Å². The van der Waals surface area contributed by atoms with Crippen molar-refractivity contribution in [2.24, 2.45) is 0 Å². The van der Waals surface area contributed by atoms with E-state index in [1.807, 2.05) is 30.3 Å². The molecule has 1 aromatic heterocycles. The molecule has 2 heterocycles. The highest BCUT2D eigenvalue weighted by Crippen LogP contribution is 2.30. The molecule has 6 heteroatoms. The molecule has 3 rings (SSSR count). The standard InChI is InChI=1S/C17H20N2O2S2/c20-15(11-22-10-14-8-4-5-9-21-14)19-17-16(18-12-23-17)13-6-2-1-3-7-13/h1-3,6-7,12,14H,4-5,8-11H2,(H,19,20). The summed E-state index contributed by atoms with van der Waals surface area (Å²) in [6.45, 7) is 0.860. The number of rotatable bonds is 6. The van der Waals surface area contributed by atoms with Crippen molar-refractivity contribution < 1.29 is 9.53 Å². The zero-order valence-corrected chi connectivity index (χ0v) is 14.5. The summed E-state index contributed by atoms with van der Waals surface area (Å²) in [5, 5.41) is 3.80. The van der Waals surface area contributed by atoms with Gasteiger partial charge in [0.15, 0.2) is 0 Å². The lowest BCUT2D eigenvalue weighted by Gasteiger charge is -2.21. The highest BCUT2D eigenvalue weighted by Gasteiger charge is 2.15. The van der Waals surface area contributed by atoms with Gasteiger partial charge < -0.3 is 10.1 Å². The maximum absolute atomic E-state index is 12.1. The quantitative estimate of drug-likeness (QED) is 0.855. The van der Waals surface area contributed by atoms with Crippen LogP contribution in [0.25, 0.3) is 11.3 Å². The van der Waals surface area contributed by atoms with Crippen LogP contribution in [0.5, 0.6) is 0 Å². The van der Waals surface area contributed by atoms with Gasteiger partial charge in [-0.3, -0.25) is 4.79 Å². The number of amides is 1. The van der Waals surface area contributed by atoms with Gasteiger partial charge in [-0.2, -0.15) is 0 Å². The Labute approximate surface area is 144 Å². The number of thioether (sulfide) groups is 1. The van der Waals surface area contributed by atoms with E-state index >= 15 is 0 Å². The minimum Gasteiger partial charge on any atom is -0.377 e. The molecular formula is C17H20N2O2S2. The molecule has 1 aliphatic rings. The number of nitrogens with zero attached hydrogens (tertiary/aromatic N) is 1. The number of thiazole rings is 1. The van der Waals surface area contributed by atoms with Gasteiger partial charge in [0.05, 0.1) is 17.4 Å². The molecule has 1 N–H and O–H groups in total. The van der Waals surface area contributed by atoms with E-state index < -0.39 is 0 Å². The van der Waals surface area contributed by atoms with Crippen LogP contribution in [0.3, 0.4) is 0 Å². The fourth-order valence-corrected chi connectivity index (χ4v) is 4.14. The van der Waals surface area contributed by atoms with Crippen molar-refractivity contribution in [2.45, 2.75) is 25.4 Å². The first-order valence-corrected chi connectivity index (χ1v) is 9.84. The molecule has 0 radical (unpaired) electrons. The molecule has 1 saturated heterocycles. The number of carbonyl (C=O) groups excluding carboxylic acids is 1. The first kappa shape index (κ1) is 16.5. The van der Waals surface area contributed by atoms with E-state index in [1.165, 1.54) is 17.8 Å². The zero-order valence-electron chi connectivity index (χ0n) is 12.9. The Morgan fingerprint density at radius 2 is 2.22 bits per heavy atom. The molecule has 1 aromatic carbocycles. The first-order chi connectivity index (χ1) is 11.3. The molecule has 1 fully saturated rings. The van der Waals surface area contributed by atoms with Crippen molar-refractivity contribution in [2.75, 3.05) is 23.4 Å². The van der Waals surface area contributed by atoms with Crippen LogP contribution in [0.2, 0.25) is 0 Å². The summed E-state index contributed by atoms with van der Waals surface area (Å²) in [7, 11) is 0. The largest absolute Gasteiger partial charge is 0.377 e. The normalized spacial score (nSPS) is 17.8. The predicted molar refractivity (Wildman–Crippen MR) is 97.1 cm³/mol. The van der Waals surface area contributed by atoms with E-state index in [4.69, 9.17) is 4.74 Å². The van der Waals surface area contributed by atoms with Crippen LogP contribution < -0.4 is 5.32 Å². The Kier molecular flexibility index (Phi) is 6.07. The number of hydrogen-bond acceptors (Lipinski definition) is 5. The predicted octanol–water partition coefficient (Wildman–Crippen LogP) is 4.05. The van der Waals surface area contributed by atoms with Crippen molar-refractivity contribution in [1.29, 1.82) is 0 Å². The van der Waals surface area contributed by atoms with Crippen LogP contribution >= 0.6 is 23.1 Å². The number of hydrogen-bond donors (Lipinski definition) is 1. The van der Waals surface area contributed by atoms with E-state index in [0.717, 1.165) is 41.5 Å². The molecule has 1 atom stereocenters. The minimum absolute atomic E-state index is 0.0206. The van der Waals surface area contributed by atoms with Gasteiger partial charge in [0, 0.05) is 17.9 Å². The van der Waals surface area contributed by atoms with Gasteiger partial charge in [-0.15, -0.1) is 23.1 Å². The SMILES string of the molecule is O=C(CSCC1CCCCO1)Nc1scnc1-c1ccccc1. The Balaban J connectivity index is 1.49. The fraction of sp³-hybridized carbons (Fsp3) is 0.412. The Hall–Kier alpha value is -1.37. The van der Waals surface area contributed by atoms with Gasteiger partial charge in [0.25, 0.3) is 0 Å². The molecule has 1 aliphatic heterocycles. The van der Waals surface area contributed by atoms with Gasteiger partial charge in [0.1, 0.15) is 10.7 Å². The van der Waals surface area contributed by atoms with Crippen molar-refractivity contribution in [3.63, 3.8) is 0 Å². The highest BCUT2D eigenvalue weighted by molar-refractivity contribution is 8.00. The number of ether oxygens (including phenoxy) is 1. The molecule has 23 heavy (non-hydrogen) atoms. The smallest absolute Gasteiger partial charge is 0.235 e. The van der Waals surface area contributed by atoms with Crippen LogP contribution in [-0.2, 0) is 9.53 Å². The van der Waals surface area contributed by atoms with Crippen molar-refractivity contribution in [3.8, 4) is 11.3 Å². The second kappa shape index (κ2) is 8.47. The molecular weight excluding hydrogens is 328 g/mol. The number of nitrogens with one attached hydrogen (secondary N) is 1. The Bertz CT molecular complexity index is 625. The molecule has 1 unspecified atom stereocenters. The maximum atomic E-state index is 12.1. The number of aromatic nitrogens is 1. The van der Waals surface area contributed by atoms with E-state index in [2.05, 4.69) is 10.3 Å². The van der Waals surface area contributed by atoms with Crippen LogP contribution in [0.4, 0.5) is 5.00 Å². The number of anilines is 1. The van der Waals surface area contributed by atoms with E-state index in [0.29, 0.717) is 11.9 Å². The third-order valence-electron chi connectivity index (χ3n) is 3.68. The highest BCUT2D eigenvalue weighted by atomic mass is 32.2. The molecule has 0 spiro atoms. The van der Waals surface area contributed by atoms with Gasteiger partial charge >= 0.3 is 0 Å². The van der Waals surface area contributed by atoms with E-state index in [1.54, 1.807) is 17.3 Å². The summed E-state index contributed by atoms with van der Waals surface area (Å²) < 4.78 is 5.68. The second-order valence-electron chi connectivity index (χ2n) is 5.45. The third kappa shape index (κ3) is 4.80. The van der Waals surface area contributed by atoms with Crippen LogP contribution in [-0.4, -0.2) is 35.1 Å². The molecule has 4 nitrogen and oxygen atoms in total. The lowest BCUT2D eigenvalue weighted by Crippen LogP contribution is -2.22. The monoisotopic (exact) mass is 348 g/mol. The maximum Gasteiger partial charge on any atom is 0.235 e. The number of carbonyl (C=O) groups is 1. The molecule has 0 saturated carbocycles. The lowest BCUT2D eigenvalue weighted by atomic mass is 10.1. The van der Waals surface area contributed by atoms with Gasteiger partial charge in [-0.05, 0) is 19.3 Å². The summed E-state index contributed by atoms with van der Waals surface area (Å²) >= 11 is 3.10. The van der Waals surface area contributed by atoms with Crippen molar-refractivity contribution >= 4 is 34.0 Å². The molecule has 0 aliphatic carbocycles. The number of benzene rings is 1. The molecule has 2 aromatic rings. The van der Waals surface area contributed by atoms with Crippen molar-refractivity contribution in [3.05, 3.63) is 35.8 Å². The fourth-order valence-electron chi connectivity index (χ4n) is 2.52. The topological polar surface area (TPSA) is 51.2 Å². The summed E-state index contributed by atoms with van der Waals surface area (Å²) in [6.07, 6.45) is 3.82. The average molecular weight is 348 g/mol.